The zero-order chi connectivity index (χ0) is 18.1. The molecule has 2 aromatic rings. The molecule has 2 saturated heterocycles. The highest BCUT2D eigenvalue weighted by Gasteiger charge is 2.48. The molecule has 0 radical (unpaired) electrons. The van der Waals surface area contributed by atoms with Crippen molar-refractivity contribution in [1.82, 2.24) is 4.90 Å². The molecule has 0 saturated carbocycles. The SMILES string of the molecule is O=C(N=C1S[C@@H]2CS(=O)(=O)C[C@@H]2N1Cc1ccccc1)c1ccccc1. The minimum Gasteiger partial charge on any atom is -0.342 e. The maximum atomic E-state index is 12.5. The summed E-state index contributed by atoms with van der Waals surface area (Å²) in [7, 11) is -3.04. The van der Waals surface area contributed by atoms with Crippen molar-refractivity contribution in [3.63, 3.8) is 0 Å². The third-order valence-corrected chi connectivity index (χ3v) is 7.84. The molecule has 26 heavy (non-hydrogen) atoms. The third kappa shape index (κ3) is 3.54. The molecule has 2 fully saturated rings. The Hall–Kier alpha value is -2.12. The fourth-order valence-corrected chi connectivity index (χ4v) is 7.28. The van der Waals surface area contributed by atoms with Crippen molar-refractivity contribution in [1.29, 1.82) is 0 Å². The van der Waals surface area contributed by atoms with Crippen LogP contribution in [0.15, 0.2) is 65.7 Å². The largest absolute Gasteiger partial charge is 0.342 e. The van der Waals surface area contributed by atoms with Gasteiger partial charge in [-0.2, -0.15) is 4.99 Å². The van der Waals surface area contributed by atoms with Crippen LogP contribution in [0.5, 0.6) is 0 Å². The number of carbonyl (C=O) groups is 1. The monoisotopic (exact) mass is 386 g/mol. The summed E-state index contributed by atoms with van der Waals surface area (Å²) in [5, 5.41) is 0.554. The number of amidine groups is 1. The van der Waals surface area contributed by atoms with Gasteiger partial charge in [-0.1, -0.05) is 60.3 Å². The quantitative estimate of drug-likeness (QED) is 0.811. The van der Waals surface area contributed by atoms with Gasteiger partial charge in [-0.05, 0) is 17.7 Å². The first-order valence-electron chi connectivity index (χ1n) is 8.37. The highest BCUT2D eigenvalue weighted by Crippen LogP contribution is 2.39. The van der Waals surface area contributed by atoms with Crippen LogP contribution in [0.2, 0.25) is 0 Å². The number of benzene rings is 2. The zero-order valence-electron chi connectivity index (χ0n) is 14.0. The molecule has 2 heterocycles. The molecule has 0 N–H and O–H groups in total. The zero-order valence-corrected chi connectivity index (χ0v) is 15.6. The molecule has 2 aliphatic rings. The van der Waals surface area contributed by atoms with E-state index in [0.29, 0.717) is 17.3 Å². The van der Waals surface area contributed by atoms with Crippen LogP contribution >= 0.6 is 11.8 Å². The van der Waals surface area contributed by atoms with E-state index in [0.717, 1.165) is 5.56 Å². The van der Waals surface area contributed by atoms with E-state index in [2.05, 4.69) is 4.99 Å². The van der Waals surface area contributed by atoms with Crippen molar-refractivity contribution >= 4 is 32.7 Å². The van der Waals surface area contributed by atoms with E-state index in [-0.39, 0.29) is 28.7 Å². The molecule has 2 atom stereocenters. The number of nitrogens with zero attached hydrogens (tertiary/aromatic N) is 2. The van der Waals surface area contributed by atoms with Crippen LogP contribution in [-0.2, 0) is 16.4 Å². The van der Waals surface area contributed by atoms with Crippen molar-refractivity contribution in [2.75, 3.05) is 11.5 Å². The molecule has 5 nitrogen and oxygen atoms in total. The first-order valence-corrected chi connectivity index (χ1v) is 11.1. The van der Waals surface area contributed by atoms with Gasteiger partial charge in [0.15, 0.2) is 15.0 Å². The summed E-state index contributed by atoms with van der Waals surface area (Å²) in [6, 6.07) is 18.6. The summed E-state index contributed by atoms with van der Waals surface area (Å²) >= 11 is 1.41. The summed E-state index contributed by atoms with van der Waals surface area (Å²) in [5.41, 5.74) is 1.60. The lowest BCUT2D eigenvalue weighted by Crippen LogP contribution is -2.37. The van der Waals surface area contributed by atoms with Crippen LogP contribution in [-0.4, -0.2) is 47.2 Å². The fraction of sp³-hybridized carbons (Fsp3) is 0.263. The molecule has 2 aliphatic heterocycles. The van der Waals surface area contributed by atoms with Crippen LogP contribution in [0.4, 0.5) is 0 Å². The number of amides is 1. The third-order valence-electron chi connectivity index (χ3n) is 4.59. The second kappa shape index (κ2) is 6.89. The van der Waals surface area contributed by atoms with Gasteiger partial charge in [-0.25, -0.2) is 8.42 Å². The van der Waals surface area contributed by atoms with Crippen LogP contribution in [0.25, 0.3) is 0 Å². The summed E-state index contributed by atoms with van der Waals surface area (Å²) in [6.07, 6.45) is 0. The maximum Gasteiger partial charge on any atom is 0.279 e. The smallest absolute Gasteiger partial charge is 0.279 e. The highest BCUT2D eigenvalue weighted by molar-refractivity contribution is 8.15. The lowest BCUT2D eigenvalue weighted by Gasteiger charge is -2.24. The van der Waals surface area contributed by atoms with E-state index in [1.54, 1.807) is 24.3 Å². The molecule has 0 spiro atoms. The standard InChI is InChI=1S/C19H18N2O3S2/c22-18(15-9-5-2-6-10-15)20-19-21(11-14-7-3-1-4-8-14)16-12-26(23,24)13-17(16)25-19/h1-10,16-17H,11-13H2/t16-,17+/m0/s1. The molecular formula is C19H18N2O3S2. The molecule has 4 rings (SSSR count). The first kappa shape index (κ1) is 17.3. The molecule has 1 amide bonds. The minimum absolute atomic E-state index is 0.0639. The lowest BCUT2D eigenvalue weighted by molar-refractivity contribution is 0.100. The number of sulfone groups is 1. The van der Waals surface area contributed by atoms with Crippen molar-refractivity contribution in [3.8, 4) is 0 Å². The Morgan fingerprint density at radius 2 is 1.69 bits per heavy atom. The Morgan fingerprint density at radius 3 is 2.38 bits per heavy atom. The van der Waals surface area contributed by atoms with Gasteiger partial charge in [0.25, 0.3) is 5.91 Å². The number of rotatable bonds is 3. The van der Waals surface area contributed by atoms with Crippen LogP contribution in [0.1, 0.15) is 15.9 Å². The Kier molecular flexibility index (Phi) is 4.58. The topological polar surface area (TPSA) is 66.8 Å². The van der Waals surface area contributed by atoms with E-state index in [4.69, 9.17) is 0 Å². The van der Waals surface area contributed by atoms with Gasteiger partial charge in [0, 0.05) is 17.4 Å². The fourth-order valence-electron chi connectivity index (χ4n) is 3.33. The first-order chi connectivity index (χ1) is 12.5. The maximum absolute atomic E-state index is 12.5. The van der Waals surface area contributed by atoms with E-state index >= 15 is 0 Å². The van der Waals surface area contributed by atoms with Gasteiger partial charge in [0.1, 0.15) is 0 Å². The average Bonchev–Trinajstić information content (AvgIpc) is 3.09. The minimum atomic E-state index is -3.04. The van der Waals surface area contributed by atoms with Gasteiger partial charge < -0.3 is 4.90 Å². The van der Waals surface area contributed by atoms with Crippen LogP contribution in [0.3, 0.4) is 0 Å². The second-order valence-electron chi connectivity index (χ2n) is 6.48. The molecule has 0 unspecified atom stereocenters. The predicted molar refractivity (Wildman–Crippen MR) is 104 cm³/mol. The van der Waals surface area contributed by atoms with Crippen molar-refractivity contribution < 1.29 is 13.2 Å². The lowest BCUT2D eigenvalue weighted by atomic mass is 10.1. The Morgan fingerprint density at radius 1 is 1.04 bits per heavy atom. The molecule has 2 aromatic carbocycles. The molecule has 0 bridgehead atoms. The number of hydrogen-bond acceptors (Lipinski definition) is 4. The number of aliphatic imine (C=N–C) groups is 1. The van der Waals surface area contributed by atoms with E-state index in [9.17, 15) is 13.2 Å². The number of thioether (sulfide) groups is 1. The molecular weight excluding hydrogens is 368 g/mol. The van der Waals surface area contributed by atoms with Gasteiger partial charge in [0.2, 0.25) is 0 Å². The Labute approximate surface area is 157 Å². The van der Waals surface area contributed by atoms with E-state index in [1.165, 1.54) is 11.8 Å². The Balaban J connectivity index is 1.64. The molecule has 7 heteroatoms. The number of fused-ring (bicyclic) bond motifs is 1. The highest BCUT2D eigenvalue weighted by atomic mass is 32.2. The van der Waals surface area contributed by atoms with Crippen LogP contribution < -0.4 is 0 Å². The number of carbonyl (C=O) groups excluding carboxylic acids is 1. The van der Waals surface area contributed by atoms with Crippen molar-refractivity contribution in [2.45, 2.75) is 17.8 Å². The molecule has 0 aliphatic carbocycles. The van der Waals surface area contributed by atoms with E-state index < -0.39 is 9.84 Å². The predicted octanol–water partition coefficient (Wildman–Crippen LogP) is 2.60. The normalized spacial score (nSPS) is 25.4. The Bertz CT molecular complexity index is 943. The van der Waals surface area contributed by atoms with Gasteiger partial charge in [-0.15, -0.1) is 0 Å². The van der Waals surface area contributed by atoms with Gasteiger partial charge >= 0.3 is 0 Å². The van der Waals surface area contributed by atoms with Gasteiger partial charge in [0.05, 0.1) is 17.5 Å². The summed E-state index contributed by atoms with van der Waals surface area (Å²) in [4.78, 5) is 18.8. The van der Waals surface area contributed by atoms with Gasteiger partial charge in [-0.3, -0.25) is 4.79 Å². The number of hydrogen-bond donors (Lipinski definition) is 0. The molecule has 0 aromatic heterocycles. The summed E-state index contributed by atoms with van der Waals surface area (Å²) in [5.74, 6) is -0.0311. The average molecular weight is 386 g/mol. The van der Waals surface area contributed by atoms with Crippen LogP contribution in [0, 0.1) is 0 Å². The summed E-state index contributed by atoms with van der Waals surface area (Å²) in [6.45, 7) is 0.547. The molecule has 134 valence electrons. The van der Waals surface area contributed by atoms with E-state index in [1.807, 2.05) is 41.3 Å². The summed E-state index contributed by atoms with van der Waals surface area (Å²) < 4.78 is 24.1. The second-order valence-corrected chi connectivity index (χ2v) is 9.84. The van der Waals surface area contributed by atoms with Crippen molar-refractivity contribution in [3.05, 3.63) is 71.8 Å². The van der Waals surface area contributed by atoms with Crippen molar-refractivity contribution in [2.24, 2.45) is 4.99 Å².